The second-order valence-corrected chi connectivity index (χ2v) is 11.5. The number of hydrogen-bond acceptors (Lipinski definition) is 3. The number of nitrogens with one attached hydrogen (secondary N) is 1. The molecule has 0 unspecified atom stereocenters. The standard InChI is InChI=1S/C32H39ClN2O3/c1-23(2)20-34-31(37)28(19-24-11-7-6-8-12-24)35(21-25-15-17-26(33)18-16-25)30(36)22-38-29-14-10-9-13-27(29)32(3,4)5/h6-18,23,28H,19-22H2,1-5H3,(H,34,37)/t28-/m1/s1. The van der Waals surface area contributed by atoms with Crippen LogP contribution in [0.15, 0.2) is 78.9 Å². The molecule has 0 saturated carbocycles. The van der Waals surface area contributed by atoms with Crippen molar-refractivity contribution in [3.05, 3.63) is 101 Å². The molecule has 3 aromatic rings. The van der Waals surface area contributed by atoms with Crippen LogP contribution >= 0.6 is 11.6 Å². The second-order valence-electron chi connectivity index (χ2n) is 11.0. The molecule has 0 aliphatic rings. The van der Waals surface area contributed by atoms with E-state index in [1.54, 1.807) is 17.0 Å². The van der Waals surface area contributed by atoms with Crippen molar-refractivity contribution >= 4 is 23.4 Å². The van der Waals surface area contributed by atoms with E-state index in [1.807, 2.05) is 80.6 Å². The molecule has 1 N–H and O–H groups in total. The van der Waals surface area contributed by atoms with Crippen molar-refractivity contribution < 1.29 is 14.3 Å². The Morgan fingerprint density at radius 3 is 2.16 bits per heavy atom. The highest BCUT2D eigenvalue weighted by Gasteiger charge is 2.31. The van der Waals surface area contributed by atoms with Gasteiger partial charge in [-0.15, -0.1) is 0 Å². The zero-order chi connectivity index (χ0) is 27.7. The van der Waals surface area contributed by atoms with Crippen LogP contribution in [0.2, 0.25) is 5.02 Å². The Morgan fingerprint density at radius 1 is 0.895 bits per heavy atom. The van der Waals surface area contributed by atoms with Crippen LogP contribution in [0.4, 0.5) is 0 Å². The molecule has 0 aliphatic carbocycles. The van der Waals surface area contributed by atoms with Gasteiger partial charge in [-0.05, 0) is 46.2 Å². The summed E-state index contributed by atoms with van der Waals surface area (Å²) in [5.74, 6) is 0.516. The first-order valence-electron chi connectivity index (χ1n) is 13.1. The van der Waals surface area contributed by atoms with Gasteiger partial charge in [-0.3, -0.25) is 9.59 Å². The van der Waals surface area contributed by atoms with Crippen LogP contribution in [0, 0.1) is 5.92 Å². The Kier molecular flexibility index (Phi) is 10.4. The molecule has 0 fully saturated rings. The Morgan fingerprint density at radius 2 is 1.53 bits per heavy atom. The normalized spacial score (nSPS) is 12.2. The van der Waals surface area contributed by atoms with Gasteiger partial charge < -0.3 is 15.0 Å². The smallest absolute Gasteiger partial charge is 0.261 e. The molecule has 3 rings (SSSR count). The lowest BCUT2D eigenvalue weighted by molar-refractivity contribution is -0.142. The summed E-state index contributed by atoms with van der Waals surface area (Å²) in [4.78, 5) is 29.0. The molecule has 202 valence electrons. The van der Waals surface area contributed by atoms with E-state index in [9.17, 15) is 9.59 Å². The number of nitrogens with zero attached hydrogens (tertiary/aromatic N) is 1. The van der Waals surface area contributed by atoms with Crippen molar-refractivity contribution in [1.82, 2.24) is 10.2 Å². The average molecular weight is 535 g/mol. The predicted molar refractivity (Wildman–Crippen MR) is 154 cm³/mol. The van der Waals surface area contributed by atoms with Gasteiger partial charge in [-0.1, -0.05) is 107 Å². The number of carbonyl (C=O) groups excluding carboxylic acids is 2. The number of carbonyl (C=O) groups is 2. The summed E-state index contributed by atoms with van der Waals surface area (Å²) in [5.41, 5.74) is 2.74. The minimum Gasteiger partial charge on any atom is -0.483 e. The average Bonchev–Trinajstić information content (AvgIpc) is 2.89. The summed E-state index contributed by atoms with van der Waals surface area (Å²) in [6.45, 7) is 11.0. The van der Waals surface area contributed by atoms with Crippen LogP contribution in [-0.4, -0.2) is 35.9 Å². The fraction of sp³-hybridized carbons (Fsp3) is 0.375. The van der Waals surface area contributed by atoms with E-state index >= 15 is 0 Å². The first-order valence-corrected chi connectivity index (χ1v) is 13.5. The number of amides is 2. The highest BCUT2D eigenvalue weighted by molar-refractivity contribution is 6.30. The summed E-state index contributed by atoms with van der Waals surface area (Å²) in [5, 5.41) is 3.66. The maximum Gasteiger partial charge on any atom is 0.261 e. The van der Waals surface area contributed by atoms with Gasteiger partial charge >= 0.3 is 0 Å². The van der Waals surface area contributed by atoms with E-state index < -0.39 is 6.04 Å². The van der Waals surface area contributed by atoms with Crippen molar-refractivity contribution in [2.24, 2.45) is 5.92 Å². The number of hydrogen-bond donors (Lipinski definition) is 1. The third kappa shape index (κ3) is 8.63. The van der Waals surface area contributed by atoms with Crippen LogP contribution in [0.5, 0.6) is 5.75 Å². The topological polar surface area (TPSA) is 58.6 Å². The van der Waals surface area contributed by atoms with E-state index in [0.29, 0.717) is 23.7 Å². The molecule has 2 amide bonds. The fourth-order valence-electron chi connectivity index (χ4n) is 4.20. The third-order valence-corrected chi connectivity index (χ3v) is 6.52. The van der Waals surface area contributed by atoms with Crippen molar-refractivity contribution in [2.45, 2.75) is 59.0 Å². The van der Waals surface area contributed by atoms with E-state index in [-0.39, 0.29) is 36.3 Å². The van der Waals surface area contributed by atoms with Gasteiger partial charge in [-0.2, -0.15) is 0 Å². The lowest BCUT2D eigenvalue weighted by Gasteiger charge is -2.32. The SMILES string of the molecule is CC(C)CNC(=O)[C@@H](Cc1ccccc1)N(Cc1ccc(Cl)cc1)C(=O)COc1ccccc1C(C)(C)C. The van der Waals surface area contributed by atoms with Crippen LogP contribution in [0.25, 0.3) is 0 Å². The first kappa shape index (κ1) is 29.2. The molecule has 0 heterocycles. The molecule has 3 aromatic carbocycles. The first-order chi connectivity index (χ1) is 18.0. The summed E-state index contributed by atoms with van der Waals surface area (Å²) in [6, 6.07) is 24.2. The highest BCUT2D eigenvalue weighted by Crippen LogP contribution is 2.31. The molecule has 1 atom stereocenters. The van der Waals surface area contributed by atoms with Crippen molar-refractivity contribution in [3.8, 4) is 5.75 Å². The van der Waals surface area contributed by atoms with Gasteiger partial charge in [0.15, 0.2) is 6.61 Å². The fourth-order valence-corrected chi connectivity index (χ4v) is 4.32. The molecule has 0 aliphatic heterocycles. The molecule has 0 spiro atoms. The lowest BCUT2D eigenvalue weighted by atomic mass is 9.86. The van der Waals surface area contributed by atoms with Crippen LogP contribution in [-0.2, 0) is 28.0 Å². The van der Waals surface area contributed by atoms with Crippen LogP contribution < -0.4 is 10.1 Å². The maximum atomic E-state index is 13.8. The zero-order valence-corrected chi connectivity index (χ0v) is 23.8. The lowest BCUT2D eigenvalue weighted by Crippen LogP contribution is -2.52. The van der Waals surface area contributed by atoms with E-state index in [2.05, 4.69) is 26.1 Å². The summed E-state index contributed by atoms with van der Waals surface area (Å²) < 4.78 is 6.10. The summed E-state index contributed by atoms with van der Waals surface area (Å²) in [6.07, 6.45) is 0.392. The summed E-state index contributed by atoms with van der Waals surface area (Å²) in [7, 11) is 0. The van der Waals surface area contributed by atoms with E-state index in [1.165, 1.54) is 0 Å². The quantitative estimate of drug-likeness (QED) is 0.308. The highest BCUT2D eigenvalue weighted by atomic mass is 35.5. The van der Waals surface area contributed by atoms with Gasteiger partial charge in [0, 0.05) is 24.5 Å². The molecule has 0 bridgehead atoms. The molecular formula is C32H39ClN2O3. The molecule has 0 aromatic heterocycles. The monoisotopic (exact) mass is 534 g/mol. The van der Waals surface area contributed by atoms with Crippen molar-refractivity contribution in [2.75, 3.05) is 13.2 Å². The van der Waals surface area contributed by atoms with Crippen LogP contribution in [0.3, 0.4) is 0 Å². The second kappa shape index (κ2) is 13.5. The number of benzene rings is 3. The van der Waals surface area contributed by atoms with Crippen LogP contribution in [0.1, 0.15) is 51.3 Å². The minimum absolute atomic E-state index is 0.144. The van der Waals surface area contributed by atoms with Crippen molar-refractivity contribution in [1.29, 1.82) is 0 Å². The Bertz CT molecular complexity index is 1190. The maximum absolute atomic E-state index is 13.8. The Labute approximate surface area is 232 Å². The van der Waals surface area contributed by atoms with Gasteiger partial charge in [0.2, 0.25) is 5.91 Å². The molecule has 38 heavy (non-hydrogen) atoms. The number of halogens is 1. The van der Waals surface area contributed by atoms with Gasteiger partial charge in [0.25, 0.3) is 5.91 Å². The Hall–Kier alpha value is -3.31. The molecule has 0 saturated heterocycles. The van der Waals surface area contributed by atoms with E-state index in [4.69, 9.17) is 16.3 Å². The zero-order valence-electron chi connectivity index (χ0n) is 23.0. The van der Waals surface area contributed by atoms with Gasteiger partial charge in [0.1, 0.15) is 11.8 Å². The molecule has 6 heteroatoms. The summed E-state index contributed by atoms with van der Waals surface area (Å²) >= 11 is 6.11. The number of ether oxygens (including phenoxy) is 1. The van der Waals surface area contributed by atoms with Crippen molar-refractivity contribution in [3.63, 3.8) is 0 Å². The van der Waals surface area contributed by atoms with Gasteiger partial charge in [0.05, 0.1) is 0 Å². The molecular weight excluding hydrogens is 496 g/mol. The molecule has 0 radical (unpaired) electrons. The third-order valence-electron chi connectivity index (χ3n) is 6.27. The van der Waals surface area contributed by atoms with Gasteiger partial charge in [-0.25, -0.2) is 0 Å². The minimum atomic E-state index is -0.708. The predicted octanol–water partition coefficient (Wildman–Crippen LogP) is 6.43. The largest absolute Gasteiger partial charge is 0.483 e. The number of rotatable bonds is 11. The molecule has 5 nitrogen and oxygen atoms in total. The Balaban J connectivity index is 1.93. The van der Waals surface area contributed by atoms with E-state index in [0.717, 1.165) is 16.7 Å². The number of para-hydroxylation sites is 1.